The number of hydrogen-bond acceptors (Lipinski definition) is 6. The molecule has 0 saturated heterocycles. The van der Waals surface area contributed by atoms with Gasteiger partial charge in [0.25, 0.3) is 5.91 Å². The highest BCUT2D eigenvalue weighted by Gasteiger charge is 2.30. The minimum Gasteiger partial charge on any atom is -0.452 e. The first-order valence-corrected chi connectivity index (χ1v) is 19.5. The van der Waals surface area contributed by atoms with Crippen LogP contribution in [0.1, 0.15) is 194 Å². The van der Waals surface area contributed by atoms with E-state index >= 15 is 0 Å². The molecule has 1 amide bonds. The van der Waals surface area contributed by atoms with E-state index < -0.39 is 42.8 Å². The third kappa shape index (κ3) is 27.7. The number of carbonyl (C=O) groups excluding carboxylic acids is 2. The van der Waals surface area contributed by atoms with Gasteiger partial charge in [-0.25, -0.2) is 0 Å². The summed E-state index contributed by atoms with van der Waals surface area (Å²) in [6.07, 6.45) is 32.1. The zero-order valence-electron chi connectivity index (χ0n) is 30.3. The van der Waals surface area contributed by atoms with E-state index in [2.05, 4.69) is 31.3 Å². The lowest BCUT2D eigenvalue weighted by Gasteiger charge is -2.28. The Hall–Kier alpha value is -1.44. The molecule has 0 saturated carbocycles. The van der Waals surface area contributed by atoms with Gasteiger partial charge >= 0.3 is 5.97 Å². The van der Waals surface area contributed by atoms with E-state index in [1.54, 1.807) is 0 Å². The molecule has 0 aromatic heterocycles. The van der Waals surface area contributed by atoms with Gasteiger partial charge in [-0.15, -0.1) is 0 Å². The summed E-state index contributed by atoms with van der Waals surface area (Å²) in [4.78, 5) is 24.5. The molecule has 0 aliphatic heterocycles. The van der Waals surface area contributed by atoms with Crippen LogP contribution in [0.25, 0.3) is 0 Å². The molecule has 0 fully saturated rings. The van der Waals surface area contributed by atoms with E-state index in [0.29, 0.717) is 12.8 Å². The van der Waals surface area contributed by atoms with Gasteiger partial charge in [-0.3, -0.25) is 9.59 Å². The van der Waals surface area contributed by atoms with Gasteiger partial charge in [-0.2, -0.15) is 0 Å². The summed E-state index contributed by atoms with van der Waals surface area (Å²) in [7, 11) is 0. The van der Waals surface area contributed by atoms with Gasteiger partial charge in [-0.1, -0.05) is 154 Å². The maximum atomic E-state index is 12.9. The summed E-state index contributed by atoms with van der Waals surface area (Å²) >= 11 is 0. The van der Waals surface area contributed by atoms with Gasteiger partial charge in [0.15, 0.2) is 6.10 Å². The molecule has 7 heteroatoms. The predicted octanol–water partition coefficient (Wildman–Crippen LogP) is 9.25. The Morgan fingerprint density at radius 3 is 1.43 bits per heavy atom. The number of unbranched alkanes of at least 4 members (excludes halogenated alkanes) is 22. The minimum absolute atomic E-state index is 0.381. The molecule has 0 unspecified atom stereocenters. The van der Waals surface area contributed by atoms with Crippen LogP contribution in [0.3, 0.4) is 0 Å². The number of amides is 1. The summed E-state index contributed by atoms with van der Waals surface area (Å²) < 4.78 is 5.27. The number of hydrogen-bond donors (Lipinski definition) is 4. The summed E-state index contributed by atoms with van der Waals surface area (Å²) in [6.45, 7) is 5.25. The Morgan fingerprint density at radius 1 is 0.609 bits per heavy atom. The first kappa shape index (κ1) is 44.6. The fraction of sp³-hybridized carbons (Fsp3) is 0.897. The fourth-order valence-corrected chi connectivity index (χ4v) is 5.99. The molecular weight excluding hydrogens is 578 g/mol. The summed E-state index contributed by atoms with van der Waals surface area (Å²) in [6, 6.07) is -1.03. The topological polar surface area (TPSA) is 116 Å². The molecule has 4 N–H and O–H groups in total. The number of esters is 1. The standard InChI is InChI=1S/C39H75NO6/c1-4-6-8-10-12-14-16-17-18-19-20-22-23-25-27-29-31-36(43)38(44)35(33-41)40-39(45)37(46-34(3)42)32-30-28-26-24-21-15-13-11-9-7-5-2/h22-23,35-38,41,43-44H,4-21,24-33H2,1-3H3,(H,40,45)/t35-,36+,37+,38-/m0/s1. The molecule has 0 aromatic rings. The number of aliphatic hydroxyl groups is 3. The van der Waals surface area contributed by atoms with Crippen molar-refractivity contribution in [1.82, 2.24) is 5.32 Å². The van der Waals surface area contributed by atoms with E-state index in [1.807, 2.05) is 0 Å². The average molecular weight is 654 g/mol. The first-order chi connectivity index (χ1) is 22.4. The highest BCUT2D eigenvalue weighted by molar-refractivity contribution is 5.83. The van der Waals surface area contributed by atoms with Crippen molar-refractivity contribution in [2.24, 2.45) is 0 Å². The van der Waals surface area contributed by atoms with Crippen LogP contribution in [0.15, 0.2) is 12.2 Å². The Bertz CT molecular complexity index is 715. The van der Waals surface area contributed by atoms with Crippen molar-refractivity contribution >= 4 is 11.9 Å². The lowest BCUT2D eigenvalue weighted by atomic mass is 9.99. The van der Waals surface area contributed by atoms with Gasteiger partial charge < -0.3 is 25.4 Å². The SMILES string of the molecule is CCCCCCCCCCCCC=CCCCC[C@@H](O)[C@@H](O)[C@H](CO)NC(=O)[C@@H](CCCCCCCCCCCCC)OC(C)=O. The van der Waals surface area contributed by atoms with Crippen molar-refractivity contribution in [3.63, 3.8) is 0 Å². The number of aliphatic hydroxyl groups excluding tert-OH is 3. The lowest BCUT2D eigenvalue weighted by Crippen LogP contribution is -2.53. The smallest absolute Gasteiger partial charge is 0.303 e. The van der Waals surface area contributed by atoms with Gasteiger partial charge in [0.2, 0.25) is 0 Å². The summed E-state index contributed by atoms with van der Waals surface area (Å²) in [5, 5.41) is 33.6. The first-order valence-electron chi connectivity index (χ1n) is 19.5. The molecule has 0 aromatic carbocycles. The molecule has 46 heavy (non-hydrogen) atoms. The van der Waals surface area contributed by atoms with Crippen molar-refractivity contribution in [2.75, 3.05) is 6.61 Å². The van der Waals surface area contributed by atoms with E-state index in [-0.39, 0.29) is 0 Å². The highest BCUT2D eigenvalue weighted by Crippen LogP contribution is 2.16. The maximum Gasteiger partial charge on any atom is 0.303 e. The zero-order chi connectivity index (χ0) is 34.1. The van der Waals surface area contributed by atoms with Crippen LogP contribution in [0.2, 0.25) is 0 Å². The van der Waals surface area contributed by atoms with Crippen molar-refractivity contribution in [3.8, 4) is 0 Å². The van der Waals surface area contributed by atoms with Crippen LogP contribution in [0.4, 0.5) is 0 Å². The number of ether oxygens (including phenoxy) is 1. The molecule has 272 valence electrons. The largest absolute Gasteiger partial charge is 0.452 e. The highest BCUT2D eigenvalue weighted by atomic mass is 16.5. The molecule has 0 rings (SSSR count). The molecule has 7 nitrogen and oxygen atoms in total. The molecule has 0 spiro atoms. The maximum absolute atomic E-state index is 12.9. The van der Waals surface area contributed by atoms with Crippen molar-refractivity contribution in [2.45, 2.75) is 218 Å². The molecule has 0 aliphatic rings. The van der Waals surface area contributed by atoms with Gasteiger partial charge in [-0.05, 0) is 44.9 Å². The van der Waals surface area contributed by atoms with Crippen molar-refractivity contribution in [3.05, 3.63) is 12.2 Å². The number of carbonyl (C=O) groups is 2. The number of rotatable bonds is 34. The van der Waals surface area contributed by atoms with Crippen LogP contribution in [-0.4, -0.2) is 58.2 Å². The molecule has 0 bridgehead atoms. The van der Waals surface area contributed by atoms with E-state index in [4.69, 9.17) is 4.74 Å². The fourth-order valence-electron chi connectivity index (χ4n) is 5.99. The lowest BCUT2D eigenvalue weighted by molar-refractivity contribution is -0.155. The third-order valence-corrected chi connectivity index (χ3v) is 9.01. The van der Waals surface area contributed by atoms with Gasteiger partial charge in [0.1, 0.15) is 6.10 Å². The second-order valence-electron chi connectivity index (χ2n) is 13.5. The van der Waals surface area contributed by atoms with Gasteiger partial charge in [0.05, 0.1) is 18.8 Å². The number of allylic oxidation sites excluding steroid dienone is 2. The Labute approximate surface area is 283 Å². The summed E-state index contributed by atoms with van der Waals surface area (Å²) in [5.74, 6) is -1.08. The summed E-state index contributed by atoms with van der Waals surface area (Å²) in [5.41, 5.74) is 0. The number of nitrogens with one attached hydrogen (secondary N) is 1. The molecule has 0 aliphatic carbocycles. The van der Waals surface area contributed by atoms with E-state index in [9.17, 15) is 24.9 Å². The van der Waals surface area contributed by atoms with Crippen LogP contribution in [0.5, 0.6) is 0 Å². The van der Waals surface area contributed by atoms with Crippen LogP contribution in [-0.2, 0) is 14.3 Å². The second kappa shape index (κ2) is 33.5. The second-order valence-corrected chi connectivity index (χ2v) is 13.5. The van der Waals surface area contributed by atoms with Gasteiger partial charge in [0, 0.05) is 6.92 Å². The van der Waals surface area contributed by atoms with Crippen molar-refractivity contribution < 1.29 is 29.6 Å². The quantitative estimate of drug-likeness (QED) is 0.0313. The zero-order valence-corrected chi connectivity index (χ0v) is 30.3. The Balaban J connectivity index is 4.16. The predicted molar refractivity (Wildman–Crippen MR) is 192 cm³/mol. The third-order valence-electron chi connectivity index (χ3n) is 9.01. The molecule has 4 atom stereocenters. The monoisotopic (exact) mass is 654 g/mol. The molecule has 0 radical (unpaired) electrons. The van der Waals surface area contributed by atoms with E-state index in [0.717, 1.165) is 44.9 Å². The van der Waals surface area contributed by atoms with Crippen LogP contribution < -0.4 is 5.32 Å². The Morgan fingerprint density at radius 2 is 1.00 bits per heavy atom. The van der Waals surface area contributed by atoms with Crippen LogP contribution >= 0.6 is 0 Å². The minimum atomic E-state index is -1.30. The molecular formula is C39H75NO6. The normalized spacial score (nSPS) is 14.3. The van der Waals surface area contributed by atoms with E-state index in [1.165, 1.54) is 122 Å². The average Bonchev–Trinajstić information content (AvgIpc) is 3.04. The van der Waals surface area contributed by atoms with Crippen molar-refractivity contribution in [1.29, 1.82) is 0 Å². The molecule has 0 heterocycles. The Kier molecular flexibility index (Phi) is 32.4. The van der Waals surface area contributed by atoms with Crippen LogP contribution in [0, 0.1) is 0 Å².